The third-order valence-electron chi connectivity index (χ3n) is 2.58. The molecule has 0 amide bonds. The molecule has 1 fully saturated rings. The molecule has 1 aromatic rings. The first kappa shape index (κ1) is 11.1. The number of rotatable bonds is 2. The lowest BCUT2D eigenvalue weighted by Gasteiger charge is -2.12. The second-order valence-corrected chi connectivity index (χ2v) is 5.01. The van der Waals surface area contributed by atoms with E-state index in [2.05, 4.69) is 11.9 Å². The first-order valence-corrected chi connectivity index (χ1v) is 6.10. The number of hydrogen-bond acceptors (Lipinski definition) is 3. The highest BCUT2D eigenvalue weighted by molar-refractivity contribution is 14.1. The Labute approximate surface area is 102 Å². The maximum atomic E-state index is 11.7. The molecule has 1 saturated heterocycles. The van der Waals surface area contributed by atoms with E-state index < -0.39 is 0 Å². The Hall–Kier alpha value is -0.430. The van der Waals surface area contributed by atoms with Crippen molar-refractivity contribution >= 4 is 22.6 Å². The van der Waals surface area contributed by atoms with Crippen molar-refractivity contribution in [2.75, 3.05) is 0 Å². The van der Waals surface area contributed by atoms with E-state index in [0.29, 0.717) is 16.2 Å². The Morgan fingerprint density at radius 3 is 3.13 bits per heavy atom. The van der Waals surface area contributed by atoms with Crippen LogP contribution in [0, 0.1) is 3.57 Å². The molecule has 0 spiro atoms. The summed E-state index contributed by atoms with van der Waals surface area (Å²) in [5, 5.41) is 0. The molecule has 2 heterocycles. The molecule has 0 radical (unpaired) electrons. The summed E-state index contributed by atoms with van der Waals surface area (Å²) in [6.45, 7) is 2.68. The van der Waals surface area contributed by atoms with Crippen molar-refractivity contribution < 1.29 is 4.74 Å². The molecule has 1 aliphatic rings. The zero-order chi connectivity index (χ0) is 10.8. The lowest BCUT2D eigenvalue weighted by molar-refractivity contribution is 0.0450. The Bertz CT molecular complexity index is 405. The summed E-state index contributed by atoms with van der Waals surface area (Å²) in [6, 6.07) is 0. The molecule has 2 unspecified atom stereocenters. The highest BCUT2D eigenvalue weighted by Crippen LogP contribution is 2.19. The van der Waals surface area contributed by atoms with Crippen molar-refractivity contribution in [1.82, 2.24) is 9.55 Å². The van der Waals surface area contributed by atoms with Gasteiger partial charge in [0.2, 0.25) is 0 Å². The number of nitrogens with zero attached hydrogens (tertiary/aromatic N) is 2. The summed E-state index contributed by atoms with van der Waals surface area (Å²) in [5.74, 6) is 0. The van der Waals surface area contributed by atoms with Crippen LogP contribution in [-0.4, -0.2) is 21.8 Å². The second kappa shape index (κ2) is 4.61. The average molecular weight is 320 g/mol. The Morgan fingerprint density at radius 2 is 2.47 bits per heavy atom. The number of hydrogen-bond donors (Lipinski definition) is 0. The zero-order valence-corrected chi connectivity index (χ0v) is 10.7. The van der Waals surface area contributed by atoms with Gasteiger partial charge in [0.05, 0.1) is 28.7 Å². The molecule has 1 aromatic heterocycles. The van der Waals surface area contributed by atoms with Crippen molar-refractivity contribution in [2.45, 2.75) is 38.5 Å². The van der Waals surface area contributed by atoms with E-state index in [1.165, 1.54) is 0 Å². The summed E-state index contributed by atoms with van der Waals surface area (Å²) in [7, 11) is 0. The van der Waals surface area contributed by atoms with Crippen LogP contribution in [0.4, 0.5) is 0 Å². The van der Waals surface area contributed by atoms with Crippen molar-refractivity contribution in [3.8, 4) is 0 Å². The van der Waals surface area contributed by atoms with Gasteiger partial charge in [-0.2, -0.15) is 0 Å². The molecule has 0 N–H and O–H groups in total. The maximum absolute atomic E-state index is 11.7. The summed E-state index contributed by atoms with van der Waals surface area (Å²) >= 11 is 2.00. The topological polar surface area (TPSA) is 44.1 Å². The number of ether oxygens (including phenoxy) is 1. The molecular weight excluding hydrogens is 307 g/mol. The van der Waals surface area contributed by atoms with Crippen LogP contribution in [0.5, 0.6) is 0 Å². The maximum Gasteiger partial charge on any atom is 0.266 e. The van der Waals surface area contributed by atoms with E-state index in [1.54, 1.807) is 17.1 Å². The number of halogens is 1. The van der Waals surface area contributed by atoms with Gasteiger partial charge in [0.25, 0.3) is 5.56 Å². The van der Waals surface area contributed by atoms with Crippen LogP contribution in [-0.2, 0) is 11.3 Å². The average Bonchev–Trinajstić information content (AvgIpc) is 2.59. The second-order valence-electron chi connectivity index (χ2n) is 3.85. The summed E-state index contributed by atoms with van der Waals surface area (Å²) in [5.41, 5.74) is 0.0220. The van der Waals surface area contributed by atoms with Crippen molar-refractivity contribution in [3.05, 3.63) is 26.4 Å². The van der Waals surface area contributed by atoms with Gasteiger partial charge in [-0.15, -0.1) is 0 Å². The van der Waals surface area contributed by atoms with Gasteiger partial charge in [0, 0.05) is 6.20 Å². The van der Waals surface area contributed by atoms with Gasteiger partial charge in [0.1, 0.15) is 0 Å². The quantitative estimate of drug-likeness (QED) is 0.774. The van der Waals surface area contributed by atoms with Crippen LogP contribution in [0.25, 0.3) is 0 Å². The van der Waals surface area contributed by atoms with Gasteiger partial charge in [-0.3, -0.25) is 9.36 Å². The van der Waals surface area contributed by atoms with Crippen molar-refractivity contribution in [2.24, 2.45) is 0 Å². The third kappa shape index (κ3) is 2.57. The lowest BCUT2D eigenvalue weighted by atomic mass is 10.2. The molecule has 4 nitrogen and oxygen atoms in total. The largest absolute Gasteiger partial charge is 0.373 e. The predicted molar refractivity (Wildman–Crippen MR) is 64.8 cm³/mol. The first-order chi connectivity index (χ1) is 7.16. The Balaban J connectivity index is 2.11. The van der Waals surface area contributed by atoms with Gasteiger partial charge in [-0.1, -0.05) is 0 Å². The van der Waals surface area contributed by atoms with Crippen LogP contribution in [0.3, 0.4) is 0 Å². The highest BCUT2D eigenvalue weighted by atomic mass is 127. The van der Waals surface area contributed by atoms with E-state index in [-0.39, 0.29) is 11.7 Å². The van der Waals surface area contributed by atoms with E-state index >= 15 is 0 Å². The molecule has 0 aliphatic carbocycles. The van der Waals surface area contributed by atoms with Gasteiger partial charge in [-0.25, -0.2) is 4.98 Å². The van der Waals surface area contributed by atoms with Gasteiger partial charge in [-0.05, 0) is 42.4 Å². The number of aromatic nitrogens is 2. The molecule has 1 aliphatic heterocycles. The molecule has 15 heavy (non-hydrogen) atoms. The van der Waals surface area contributed by atoms with E-state index in [9.17, 15) is 4.79 Å². The summed E-state index contributed by atoms with van der Waals surface area (Å²) in [6.07, 6.45) is 5.75. The van der Waals surface area contributed by atoms with Crippen LogP contribution in [0.1, 0.15) is 19.8 Å². The van der Waals surface area contributed by atoms with E-state index in [0.717, 1.165) is 12.8 Å². The molecule has 2 rings (SSSR count). The molecular formula is C10H13IN2O2. The molecule has 82 valence electrons. The first-order valence-electron chi connectivity index (χ1n) is 5.02. The minimum atomic E-state index is 0.0220. The summed E-state index contributed by atoms with van der Waals surface area (Å²) in [4.78, 5) is 15.7. The van der Waals surface area contributed by atoms with Crippen molar-refractivity contribution in [3.63, 3.8) is 0 Å². The SMILES string of the molecule is CC1CCC(Cn2cncc(I)c2=O)O1. The molecule has 5 heteroatoms. The fraction of sp³-hybridized carbons (Fsp3) is 0.600. The highest BCUT2D eigenvalue weighted by Gasteiger charge is 2.22. The predicted octanol–water partition coefficient (Wildman–Crippen LogP) is 1.42. The molecule has 0 bridgehead atoms. The zero-order valence-electron chi connectivity index (χ0n) is 8.52. The normalized spacial score (nSPS) is 25.7. The Morgan fingerprint density at radius 1 is 1.67 bits per heavy atom. The van der Waals surface area contributed by atoms with Gasteiger partial charge >= 0.3 is 0 Å². The van der Waals surface area contributed by atoms with Gasteiger partial charge in [0.15, 0.2) is 0 Å². The minimum absolute atomic E-state index is 0.0220. The van der Waals surface area contributed by atoms with Crippen LogP contribution >= 0.6 is 22.6 Å². The fourth-order valence-corrected chi connectivity index (χ4v) is 2.26. The van der Waals surface area contributed by atoms with Crippen LogP contribution in [0.2, 0.25) is 0 Å². The van der Waals surface area contributed by atoms with E-state index in [4.69, 9.17) is 4.74 Å². The smallest absolute Gasteiger partial charge is 0.266 e. The van der Waals surface area contributed by atoms with Gasteiger partial charge < -0.3 is 4.74 Å². The monoisotopic (exact) mass is 320 g/mol. The van der Waals surface area contributed by atoms with Crippen LogP contribution in [0.15, 0.2) is 17.3 Å². The standard InChI is InChI=1S/C10H13IN2O2/c1-7-2-3-8(15-7)5-13-6-12-4-9(11)10(13)14/h4,6-8H,2-3,5H2,1H3. The fourth-order valence-electron chi connectivity index (χ4n) is 1.79. The van der Waals surface area contributed by atoms with Crippen LogP contribution < -0.4 is 5.56 Å². The summed E-state index contributed by atoms with van der Waals surface area (Å²) < 4.78 is 7.95. The minimum Gasteiger partial charge on any atom is -0.373 e. The van der Waals surface area contributed by atoms with E-state index in [1.807, 2.05) is 22.6 Å². The lowest BCUT2D eigenvalue weighted by Crippen LogP contribution is -2.28. The molecule has 0 saturated carbocycles. The van der Waals surface area contributed by atoms with Crippen molar-refractivity contribution in [1.29, 1.82) is 0 Å². The third-order valence-corrected chi connectivity index (χ3v) is 3.32. The molecule has 0 aromatic carbocycles. The molecule has 2 atom stereocenters. The Kier molecular flexibility index (Phi) is 3.40.